The Morgan fingerprint density at radius 1 is 1.06 bits per heavy atom. The lowest BCUT2D eigenvalue weighted by Gasteiger charge is -2.28. The van der Waals surface area contributed by atoms with Crippen LogP contribution in [0, 0.1) is 11.8 Å². The van der Waals surface area contributed by atoms with Crippen LogP contribution in [0.1, 0.15) is 50.2 Å². The number of ether oxygens (including phenoxy) is 1. The third kappa shape index (κ3) is 5.39. The third-order valence-electron chi connectivity index (χ3n) is 7.12. The Morgan fingerprint density at radius 2 is 1.69 bits per heavy atom. The predicted molar refractivity (Wildman–Crippen MR) is 133 cm³/mol. The third-order valence-corrected chi connectivity index (χ3v) is 7.12. The minimum absolute atomic E-state index is 0.0654. The molecule has 2 aromatic carbocycles. The lowest BCUT2D eigenvalue weighted by atomic mass is 9.90. The summed E-state index contributed by atoms with van der Waals surface area (Å²) in [6.07, 6.45) is 4.42. The Morgan fingerprint density at radius 3 is 2.29 bits per heavy atom. The molecule has 184 valence electrons. The minimum atomic E-state index is -0.871. The van der Waals surface area contributed by atoms with E-state index in [0.717, 1.165) is 22.3 Å². The van der Waals surface area contributed by atoms with Gasteiger partial charge in [-0.3, -0.25) is 9.59 Å². The number of carboxylic acids is 1. The van der Waals surface area contributed by atoms with E-state index in [1.54, 1.807) is 6.08 Å². The van der Waals surface area contributed by atoms with Crippen molar-refractivity contribution in [2.75, 3.05) is 6.61 Å². The number of aliphatic carboxylic acids is 1. The minimum Gasteiger partial charge on any atom is -0.481 e. The summed E-state index contributed by atoms with van der Waals surface area (Å²) < 4.78 is 5.63. The van der Waals surface area contributed by atoms with Crippen LogP contribution in [0.2, 0.25) is 0 Å². The molecule has 0 aliphatic heterocycles. The first kappa shape index (κ1) is 24.5. The number of carbonyl (C=O) groups is 3. The number of allylic oxidation sites excluding steroid dienone is 1. The standard InChI is InChI=1S/C28H32N2O5/c1-3-17(2)25(26(31)29-19-10-8-9-18(15-19)27(32)33)30-28(34)35-16-24-22-13-6-4-11-20(22)21-12-5-7-14-23(21)24/h4-8,10-14,17-19,24-25H,3,9,15-16H2,1-2H3,(H,29,31)(H,30,34)(H,32,33)/t17?,18-,19-,25-/m0/s1. The van der Waals surface area contributed by atoms with Crippen LogP contribution in [-0.4, -0.2) is 41.8 Å². The van der Waals surface area contributed by atoms with Crippen molar-refractivity contribution in [2.45, 2.75) is 51.1 Å². The second-order valence-corrected chi connectivity index (χ2v) is 9.38. The van der Waals surface area contributed by atoms with Gasteiger partial charge in [0.05, 0.1) is 5.92 Å². The second kappa shape index (κ2) is 10.8. The van der Waals surface area contributed by atoms with Crippen LogP contribution in [0.3, 0.4) is 0 Å². The van der Waals surface area contributed by atoms with Gasteiger partial charge in [0.1, 0.15) is 12.6 Å². The number of benzene rings is 2. The molecule has 0 aromatic heterocycles. The molecule has 0 heterocycles. The van der Waals surface area contributed by atoms with E-state index in [9.17, 15) is 19.5 Å². The number of nitrogens with one attached hydrogen (secondary N) is 2. The van der Waals surface area contributed by atoms with E-state index < -0.39 is 24.0 Å². The SMILES string of the molecule is CCC(C)[C@H](NC(=O)OCC1c2ccccc2-c2ccccc21)C(=O)N[C@H]1C=CC[C@H](C(=O)O)C1. The Balaban J connectivity index is 1.40. The molecule has 0 radical (unpaired) electrons. The van der Waals surface area contributed by atoms with Gasteiger partial charge in [0.2, 0.25) is 5.91 Å². The monoisotopic (exact) mass is 476 g/mol. The van der Waals surface area contributed by atoms with E-state index in [1.807, 2.05) is 44.2 Å². The van der Waals surface area contributed by atoms with Gasteiger partial charge in [-0.2, -0.15) is 0 Å². The zero-order valence-electron chi connectivity index (χ0n) is 20.1. The molecule has 0 bridgehead atoms. The van der Waals surface area contributed by atoms with Crippen LogP contribution >= 0.6 is 0 Å². The average molecular weight is 477 g/mol. The van der Waals surface area contributed by atoms with Crippen molar-refractivity contribution in [3.8, 4) is 11.1 Å². The van der Waals surface area contributed by atoms with Crippen LogP contribution in [0.25, 0.3) is 11.1 Å². The maximum absolute atomic E-state index is 13.0. The van der Waals surface area contributed by atoms with Crippen molar-refractivity contribution in [3.05, 3.63) is 71.8 Å². The van der Waals surface area contributed by atoms with E-state index >= 15 is 0 Å². The van der Waals surface area contributed by atoms with Gasteiger partial charge in [-0.1, -0.05) is 81.0 Å². The summed E-state index contributed by atoms with van der Waals surface area (Å²) in [5.74, 6) is -1.93. The van der Waals surface area contributed by atoms with E-state index in [1.165, 1.54) is 0 Å². The Kier molecular flexibility index (Phi) is 7.54. The number of carbonyl (C=O) groups excluding carboxylic acids is 2. The lowest BCUT2D eigenvalue weighted by molar-refractivity contribution is -0.142. The normalized spacial score (nSPS) is 20.3. The molecule has 2 amide bonds. The van der Waals surface area contributed by atoms with E-state index in [0.29, 0.717) is 19.3 Å². The lowest BCUT2D eigenvalue weighted by Crippen LogP contribution is -2.53. The molecule has 7 heteroatoms. The molecule has 0 saturated heterocycles. The Bertz CT molecular complexity index is 1080. The van der Waals surface area contributed by atoms with E-state index in [-0.39, 0.29) is 30.4 Å². The molecule has 35 heavy (non-hydrogen) atoms. The number of hydrogen-bond donors (Lipinski definition) is 3. The fraction of sp³-hybridized carbons (Fsp3) is 0.393. The van der Waals surface area contributed by atoms with Gasteiger partial charge in [0.25, 0.3) is 0 Å². The van der Waals surface area contributed by atoms with E-state index in [4.69, 9.17) is 4.74 Å². The van der Waals surface area contributed by atoms with Crippen molar-refractivity contribution in [1.29, 1.82) is 0 Å². The summed E-state index contributed by atoms with van der Waals surface area (Å²) in [7, 11) is 0. The van der Waals surface area contributed by atoms with Crippen molar-refractivity contribution in [2.24, 2.45) is 11.8 Å². The number of rotatable bonds is 8. The molecule has 0 spiro atoms. The van der Waals surface area contributed by atoms with Crippen LogP contribution in [0.5, 0.6) is 0 Å². The smallest absolute Gasteiger partial charge is 0.407 e. The highest BCUT2D eigenvalue weighted by atomic mass is 16.5. The van der Waals surface area contributed by atoms with Crippen molar-refractivity contribution < 1.29 is 24.2 Å². The first-order valence-corrected chi connectivity index (χ1v) is 12.2. The highest BCUT2D eigenvalue weighted by molar-refractivity contribution is 5.86. The Labute approximate surface area is 205 Å². The summed E-state index contributed by atoms with van der Waals surface area (Å²) in [6, 6.07) is 15.1. The van der Waals surface area contributed by atoms with Gasteiger partial charge in [0.15, 0.2) is 0 Å². The highest BCUT2D eigenvalue weighted by Gasteiger charge is 2.32. The van der Waals surface area contributed by atoms with Crippen molar-refractivity contribution in [3.63, 3.8) is 0 Å². The highest BCUT2D eigenvalue weighted by Crippen LogP contribution is 2.44. The first-order chi connectivity index (χ1) is 16.9. The molecular weight excluding hydrogens is 444 g/mol. The van der Waals surface area contributed by atoms with Gasteiger partial charge >= 0.3 is 12.1 Å². The van der Waals surface area contributed by atoms with Crippen LogP contribution in [0.4, 0.5) is 4.79 Å². The number of alkyl carbamates (subject to hydrolysis) is 1. The molecule has 7 nitrogen and oxygen atoms in total. The summed E-state index contributed by atoms with van der Waals surface area (Å²) in [5.41, 5.74) is 4.54. The van der Waals surface area contributed by atoms with Crippen LogP contribution in [0.15, 0.2) is 60.7 Å². The largest absolute Gasteiger partial charge is 0.481 e. The topological polar surface area (TPSA) is 105 Å². The summed E-state index contributed by atoms with van der Waals surface area (Å²) in [4.78, 5) is 37.2. The van der Waals surface area contributed by atoms with Crippen LogP contribution < -0.4 is 10.6 Å². The van der Waals surface area contributed by atoms with Gasteiger partial charge < -0.3 is 20.5 Å². The summed E-state index contributed by atoms with van der Waals surface area (Å²) in [6.45, 7) is 4.01. The maximum Gasteiger partial charge on any atom is 0.407 e. The maximum atomic E-state index is 13.0. The molecule has 0 fully saturated rings. The van der Waals surface area contributed by atoms with Gasteiger partial charge in [-0.25, -0.2) is 4.79 Å². The predicted octanol–water partition coefficient (Wildman–Crippen LogP) is 4.48. The van der Waals surface area contributed by atoms with Gasteiger partial charge in [-0.15, -0.1) is 0 Å². The summed E-state index contributed by atoms with van der Waals surface area (Å²) in [5, 5.41) is 14.9. The molecule has 2 aliphatic rings. The number of fused-ring (bicyclic) bond motifs is 3. The molecular formula is C28H32N2O5. The number of amides is 2. The molecule has 1 unspecified atom stereocenters. The van der Waals surface area contributed by atoms with Gasteiger partial charge in [0, 0.05) is 12.0 Å². The molecule has 2 aliphatic carbocycles. The molecule has 4 rings (SSSR count). The molecule has 3 N–H and O–H groups in total. The first-order valence-electron chi connectivity index (χ1n) is 12.2. The fourth-order valence-corrected chi connectivity index (χ4v) is 4.94. The second-order valence-electron chi connectivity index (χ2n) is 9.38. The van der Waals surface area contributed by atoms with Gasteiger partial charge in [-0.05, 0) is 41.0 Å². The Hall–Kier alpha value is -3.61. The van der Waals surface area contributed by atoms with Crippen molar-refractivity contribution in [1.82, 2.24) is 10.6 Å². The molecule has 0 saturated carbocycles. The summed E-state index contributed by atoms with van der Waals surface area (Å²) >= 11 is 0. The van der Waals surface area contributed by atoms with Crippen molar-refractivity contribution >= 4 is 18.0 Å². The zero-order valence-corrected chi connectivity index (χ0v) is 20.1. The number of hydrogen-bond acceptors (Lipinski definition) is 4. The average Bonchev–Trinajstić information content (AvgIpc) is 3.19. The molecule has 2 aromatic rings. The van der Waals surface area contributed by atoms with E-state index in [2.05, 4.69) is 34.9 Å². The molecule has 4 atom stereocenters. The number of carboxylic acid groups (broad SMARTS) is 1. The van der Waals surface area contributed by atoms with Crippen LogP contribution in [-0.2, 0) is 14.3 Å². The zero-order chi connectivity index (χ0) is 24.9. The fourth-order valence-electron chi connectivity index (χ4n) is 4.94. The quantitative estimate of drug-likeness (QED) is 0.488.